The first-order valence-electron chi connectivity index (χ1n) is 7.00. The van der Waals surface area contributed by atoms with Crippen molar-refractivity contribution in [2.24, 2.45) is 5.11 Å². The van der Waals surface area contributed by atoms with Crippen LogP contribution in [0.4, 0.5) is 5.69 Å². The molecule has 0 aromatic heterocycles. The van der Waals surface area contributed by atoms with Gasteiger partial charge in [0.2, 0.25) is 0 Å². The van der Waals surface area contributed by atoms with Crippen LogP contribution in [0.5, 0.6) is 0 Å². The van der Waals surface area contributed by atoms with Crippen LogP contribution in [0.25, 0.3) is 0 Å². The van der Waals surface area contributed by atoms with E-state index in [1.165, 1.54) is 5.56 Å². The molecule has 27 heavy (non-hydrogen) atoms. The van der Waals surface area contributed by atoms with Gasteiger partial charge in [-0.25, -0.2) is 0 Å². The summed E-state index contributed by atoms with van der Waals surface area (Å²) in [6.45, 7) is 1.91. The summed E-state index contributed by atoms with van der Waals surface area (Å²) in [5.41, 5.74) is 2.49. The monoisotopic (exact) mass is 656 g/mol. The molecule has 0 saturated carbocycles. The Balaban J connectivity index is 0.000000445. The van der Waals surface area contributed by atoms with Crippen molar-refractivity contribution in [3.8, 4) is 0 Å². The van der Waals surface area contributed by atoms with Gasteiger partial charge < -0.3 is 0 Å². The predicted molar refractivity (Wildman–Crippen MR) is 126 cm³/mol. The van der Waals surface area contributed by atoms with E-state index in [9.17, 15) is 0 Å². The van der Waals surface area contributed by atoms with Gasteiger partial charge in [0.15, 0.2) is 5.69 Å². The molecule has 0 atom stereocenters. The third kappa shape index (κ3) is 14.8. The van der Waals surface area contributed by atoms with E-state index in [-0.39, 0.29) is 0 Å². The van der Waals surface area contributed by atoms with Crippen LogP contribution >= 0.6 is 87.8 Å². The van der Waals surface area contributed by atoms with Gasteiger partial charge in [-0.15, -0.1) is 0 Å². The predicted octanol–water partition coefficient (Wildman–Crippen LogP) is 9.40. The molecule has 0 aliphatic carbocycles. The number of hydrogen-bond donors (Lipinski definition) is 0. The Hall–Kier alpha value is 1.25. The molecular weight excluding hydrogens is 649 g/mol. The first kappa shape index (κ1) is 26.3. The van der Waals surface area contributed by atoms with Gasteiger partial charge in [0.1, 0.15) is 5.11 Å². The molecule has 2 rings (SSSR count). The minimum atomic E-state index is -5.42. The molecule has 2 aromatic rings. The second-order valence-electron chi connectivity index (χ2n) is 5.27. The van der Waals surface area contributed by atoms with Crippen molar-refractivity contribution in [1.29, 1.82) is 0 Å². The maximum absolute atomic E-state index is 6.05. The summed E-state index contributed by atoms with van der Waals surface area (Å²) >= 11 is 17.9. The van der Waals surface area contributed by atoms with Crippen molar-refractivity contribution >= 4 is 108 Å². The van der Waals surface area contributed by atoms with E-state index in [4.69, 9.17) is 87.8 Å². The third-order valence-corrected chi connectivity index (χ3v) is 3.40. The fourth-order valence-corrected chi connectivity index (χ4v) is 2.58. The van der Waals surface area contributed by atoms with Crippen LogP contribution < -0.4 is 0 Å². The Morgan fingerprint density at radius 2 is 1.33 bits per heavy atom. The molecule has 0 bridgehead atoms. The standard InChI is InChI=1S/C15H12Cl3N2.6ClH.Sb/c1-10(7-11-5-3-2-4-6-11)19-20-15-13(17)8-12(16)9-14(15)18;;;;;;;/h2-6,8-9H,7H2,1H3;6*1H;/q+1;;;;;;;+5/p-6. The molecule has 0 unspecified atom stereocenters. The van der Waals surface area contributed by atoms with E-state index < -0.39 is 9.14 Å². The topological polar surface area (TPSA) is 26.5 Å². The van der Waals surface area contributed by atoms with Crippen molar-refractivity contribution < 1.29 is 4.79 Å². The summed E-state index contributed by atoms with van der Waals surface area (Å²) in [4.78, 5) is 4.17. The third-order valence-electron chi connectivity index (χ3n) is 2.61. The average molecular weight is 661 g/mol. The summed E-state index contributed by atoms with van der Waals surface area (Å²) in [5, 5.41) is 5.36. The van der Waals surface area contributed by atoms with Gasteiger partial charge in [-0.3, -0.25) is 0 Å². The van der Waals surface area contributed by atoms with Crippen LogP contribution in [0.15, 0.2) is 47.6 Å². The minimum absolute atomic E-state index is 0.388. The van der Waals surface area contributed by atoms with E-state index in [1.54, 1.807) is 12.1 Å². The zero-order valence-electron chi connectivity index (χ0n) is 13.5. The molecule has 0 spiro atoms. The molecule has 2 aromatic carbocycles. The zero-order valence-corrected chi connectivity index (χ0v) is 22.8. The van der Waals surface area contributed by atoms with Gasteiger partial charge in [0.25, 0.3) is 0 Å². The van der Waals surface area contributed by atoms with Crippen LogP contribution in [0.1, 0.15) is 12.5 Å². The van der Waals surface area contributed by atoms with Crippen LogP contribution in [0, 0.1) is 0 Å². The molecule has 0 amide bonds. The number of halogens is 9. The number of nitrogens with zero attached hydrogens (tertiary/aromatic N) is 2. The zero-order chi connectivity index (χ0) is 20.9. The van der Waals surface area contributed by atoms with E-state index >= 15 is 0 Å². The Kier molecular flexibility index (Phi) is 9.33. The average Bonchev–Trinajstić information content (AvgIpc) is 2.43. The van der Waals surface area contributed by atoms with Gasteiger partial charge in [-0.05, 0) is 17.7 Å². The molecule has 150 valence electrons. The Labute approximate surface area is 192 Å². The quantitative estimate of drug-likeness (QED) is 0.136. The molecule has 0 heterocycles. The van der Waals surface area contributed by atoms with Crippen molar-refractivity contribution in [3.63, 3.8) is 0 Å². The van der Waals surface area contributed by atoms with Crippen molar-refractivity contribution in [3.05, 3.63) is 63.1 Å². The fourth-order valence-electron chi connectivity index (χ4n) is 1.69. The molecular formula is C15H12Cl9N2Sb. The van der Waals surface area contributed by atoms with Gasteiger partial charge in [0, 0.05) is 11.9 Å². The number of benzene rings is 2. The van der Waals surface area contributed by atoms with Crippen molar-refractivity contribution in [2.45, 2.75) is 13.3 Å². The normalized spacial score (nSPS) is 13.4. The van der Waals surface area contributed by atoms with Crippen LogP contribution in [0.2, 0.25) is 15.1 Å². The molecule has 2 nitrogen and oxygen atoms in total. The molecule has 12 heteroatoms. The summed E-state index contributed by atoms with van der Waals surface area (Å²) in [5.74, 6) is 0. The molecule has 0 aliphatic rings. The summed E-state index contributed by atoms with van der Waals surface area (Å²) in [6, 6.07) is 13.2. The van der Waals surface area contributed by atoms with Crippen molar-refractivity contribution in [2.75, 3.05) is 0 Å². The summed E-state index contributed by atoms with van der Waals surface area (Å²) < 4.78 is 0. The van der Waals surface area contributed by atoms with Gasteiger partial charge in [-0.2, -0.15) is 0 Å². The summed E-state index contributed by atoms with van der Waals surface area (Å²) in [7, 11) is 25.0. The van der Waals surface area contributed by atoms with E-state index in [2.05, 4.69) is 9.90 Å². The van der Waals surface area contributed by atoms with E-state index in [0.29, 0.717) is 20.8 Å². The Morgan fingerprint density at radius 1 is 0.889 bits per heavy atom. The summed E-state index contributed by atoms with van der Waals surface area (Å²) in [6.07, 6.45) is 0.729. The number of rotatable bonds is 3. The first-order valence-corrected chi connectivity index (χ1v) is 27.5. The second kappa shape index (κ2) is 9.59. The van der Waals surface area contributed by atoms with E-state index in [1.807, 2.05) is 37.3 Å². The molecule has 0 N–H and O–H groups in total. The molecule has 0 radical (unpaired) electrons. The first-order chi connectivity index (χ1) is 12.0. The van der Waals surface area contributed by atoms with Crippen LogP contribution in [-0.4, -0.2) is 19.6 Å². The molecule has 0 aliphatic heterocycles. The second-order valence-corrected chi connectivity index (χ2v) is 63.4. The van der Waals surface area contributed by atoms with Crippen molar-refractivity contribution in [1.82, 2.24) is 0 Å². The number of hydrogen-bond acceptors (Lipinski definition) is 1. The van der Waals surface area contributed by atoms with E-state index in [0.717, 1.165) is 12.1 Å². The molecule has 0 fully saturated rings. The maximum atomic E-state index is 6.05. The van der Waals surface area contributed by atoms with Crippen LogP contribution in [-0.2, 0) is 6.42 Å². The van der Waals surface area contributed by atoms with Crippen LogP contribution in [0.3, 0.4) is 0 Å². The Bertz CT molecular complexity index is 837. The van der Waals surface area contributed by atoms with Gasteiger partial charge in [0.05, 0.1) is 21.3 Å². The molecule has 0 saturated heterocycles. The fraction of sp³-hybridized carbons (Fsp3) is 0.133. The van der Waals surface area contributed by atoms with Gasteiger partial charge >= 0.3 is 67.8 Å². The SMILES string of the molecule is CC(Cc1ccccc1)=[N+]=Nc1c(Cl)cc(Cl)cc1Cl.[Cl][Sb-]([Cl])([Cl])([Cl])([Cl])[Cl]. The Morgan fingerprint density at radius 3 is 1.78 bits per heavy atom. The van der Waals surface area contributed by atoms with Gasteiger partial charge in [-0.1, -0.05) is 65.1 Å².